The number of pyridine rings is 1. The Hall–Kier alpha value is -1.61. The lowest BCUT2D eigenvalue weighted by molar-refractivity contribution is 0.0594. The Balaban J connectivity index is 2.62. The standard InChI is InChI=1S/C14H14ClNO2/c1-8(2)9-4-5-12-10(6-9)11(15)7-13(16-12)14(17)18-3/h4-8H,1-3H3. The number of methoxy groups -OCH3 is 1. The number of nitrogens with zero attached hydrogens (tertiary/aromatic N) is 1. The number of benzene rings is 1. The molecule has 1 aromatic carbocycles. The van der Waals surface area contributed by atoms with E-state index in [1.165, 1.54) is 12.7 Å². The second-order valence-corrected chi connectivity index (χ2v) is 4.82. The van der Waals surface area contributed by atoms with Crippen molar-refractivity contribution >= 4 is 28.5 Å². The molecule has 18 heavy (non-hydrogen) atoms. The average Bonchev–Trinajstić information content (AvgIpc) is 2.37. The van der Waals surface area contributed by atoms with Gasteiger partial charge in [-0.2, -0.15) is 0 Å². The fraction of sp³-hybridized carbons (Fsp3) is 0.286. The second kappa shape index (κ2) is 4.94. The van der Waals surface area contributed by atoms with E-state index in [-0.39, 0.29) is 5.69 Å². The topological polar surface area (TPSA) is 39.2 Å². The van der Waals surface area contributed by atoms with Crippen LogP contribution in [0.3, 0.4) is 0 Å². The van der Waals surface area contributed by atoms with E-state index in [9.17, 15) is 4.79 Å². The Morgan fingerprint density at radius 3 is 2.67 bits per heavy atom. The number of aromatic nitrogens is 1. The van der Waals surface area contributed by atoms with E-state index in [2.05, 4.69) is 23.6 Å². The highest BCUT2D eigenvalue weighted by atomic mass is 35.5. The Morgan fingerprint density at radius 2 is 2.06 bits per heavy atom. The maximum absolute atomic E-state index is 11.4. The smallest absolute Gasteiger partial charge is 0.356 e. The van der Waals surface area contributed by atoms with Gasteiger partial charge in [-0.05, 0) is 29.7 Å². The van der Waals surface area contributed by atoms with E-state index in [1.54, 1.807) is 6.07 Å². The van der Waals surface area contributed by atoms with Gasteiger partial charge in [0.05, 0.1) is 17.6 Å². The van der Waals surface area contributed by atoms with Crippen LogP contribution in [0.25, 0.3) is 10.9 Å². The van der Waals surface area contributed by atoms with Crippen LogP contribution in [0, 0.1) is 0 Å². The number of carbonyl (C=O) groups excluding carboxylic acids is 1. The number of halogens is 1. The van der Waals surface area contributed by atoms with Gasteiger partial charge >= 0.3 is 5.97 Å². The van der Waals surface area contributed by atoms with Crippen LogP contribution in [0.4, 0.5) is 0 Å². The van der Waals surface area contributed by atoms with E-state index in [1.807, 2.05) is 18.2 Å². The molecule has 3 nitrogen and oxygen atoms in total. The van der Waals surface area contributed by atoms with Crippen molar-refractivity contribution in [2.75, 3.05) is 7.11 Å². The zero-order valence-corrected chi connectivity index (χ0v) is 11.3. The summed E-state index contributed by atoms with van der Waals surface area (Å²) in [5.41, 5.74) is 2.12. The second-order valence-electron chi connectivity index (χ2n) is 4.41. The van der Waals surface area contributed by atoms with Crippen LogP contribution in [0.5, 0.6) is 0 Å². The fourth-order valence-corrected chi connectivity index (χ4v) is 2.03. The van der Waals surface area contributed by atoms with Crippen molar-refractivity contribution in [3.05, 3.63) is 40.5 Å². The molecule has 0 bridgehead atoms. The van der Waals surface area contributed by atoms with Crippen molar-refractivity contribution in [3.63, 3.8) is 0 Å². The molecule has 94 valence electrons. The molecule has 0 fully saturated rings. The molecule has 0 atom stereocenters. The number of hydrogen-bond acceptors (Lipinski definition) is 3. The molecule has 0 aliphatic rings. The first kappa shape index (κ1) is 12.8. The van der Waals surface area contributed by atoms with Crippen LogP contribution in [-0.4, -0.2) is 18.1 Å². The highest BCUT2D eigenvalue weighted by Gasteiger charge is 2.12. The first-order valence-corrected chi connectivity index (χ1v) is 6.09. The molecule has 0 spiro atoms. The molecule has 1 heterocycles. The van der Waals surface area contributed by atoms with Crippen LogP contribution < -0.4 is 0 Å². The molecule has 0 saturated heterocycles. The quantitative estimate of drug-likeness (QED) is 0.774. The lowest BCUT2D eigenvalue weighted by Gasteiger charge is -2.08. The summed E-state index contributed by atoms with van der Waals surface area (Å²) in [7, 11) is 1.32. The molecule has 0 aliphatic carbocycles. The predicted octanol–water partition coefficient (Wildman–Crippen LogP) is 3.80. The van der Waals surface area contributed by atoms with Gasteiger partial charge in [0, 0.05) is 5.39 Å². The zero-order chi connectivity index (χ0) is 13.3. The highest BCUT2D eigenvalue weighted by Crippen LogP contribution is 2.27. The molecule has 0 aliphatic heterocycles. The van der Waals surface area contributed by atoms with Crippen LogP contribution in [0.1, 0.15) is 35.8 Å². The molecule has 0 radical (unpaired) electrons. The van der Waals surface area contributed by atoms with Crippen LogP contribution in [-0.2, 0) is 4.74 Å². The van der Waals surface area contributed by atoms with E-state index in [0.717, 1.165) is 5.39 Å². The molecule has 0 amide bonds. The normalized spacial score (nSPS) is 10.9. The number of rotatable bonds is 2. The molecule has 0 unspecified atom stereocenters. The summed E-state index contributed by atoms with van der Waals surface area (Å²) in [4.78, 5) is 15.7. The number of fused-ring (bicyclic) bond motifs is 1. The lowest BCUT2D eigenvalue weighted by Crippen LogP contribution is -2.04. The molecule has 2 rings (SSSR count). The largest absolute Gasteiger partial charge is 0.464 e. The minimum atomic E-state index is -0.480. The molecule has 0 N–H and O–H groups in total. The first-order valence-electron chi connectivity index (χ1n) is 5.71. The van der Waals surface area contributed by atoms with Crippen molar-refractivity contribution in [2.45, 2.75) is 19.8 Å². The number of hydrogen-bond donors (Lipinski definition) is 0. The van der Waals surface area contributed by atoms with Crippen molar-refractivity contribution < 1.29 is 9.53 Å². The Labute approximate surface area is 111 Å². The predicted molar refractivity (Wildman–Crippen MR) is 72.2 cm³/mol. The summed E-state index contributed by atoms with van der Waals surface area (Å²) in [5, 5.41) is 1.37. The summed E-state index contributed by atoms with van der Waals surface area (Å²) in [6.07, 6.45) is 0. The minimum Gasteiger partial charge on any atom is -0.464 e. The SMILES string of the molecule is COC(=O)c1cc(Cl)c2cc(C(C)C)ccc2n1. The summed E-state index contributed by atoms with van der Waals surface area (Å²) in [6, 6.07) is 7.43. The molecule has 1 aromatic heterocycles. The van der Waals surface area contributed by atoms with Crippen LogP contribution in [0.2, 0.25) is 5.02 Å². The zero-order valence-electron chi connectivity index (χ0n) is 10.5. The van der Waals surface area contributed by atoms with Gasteiger partial charge in [-0.15, -0.1) is 0 Å². The highest BCUT2D eigenvalue weighted by molar-refractivity contribution is 6.35. The van der Waals surface area contributed by atoms with Crippen molar-refractivity contribution in [3.8, 4) is 0 Å². The maximum Gasteiger partial charge on any atom is 0.356 e. The first-order chi connectivity index (χ1) is 8.52. The van der Waals surface area contributed by atoms with Gasteiger partial charge in [0.25, 0.3) is 0 Å². The van der Waals surface area contributed by atoms with Gasteiger partial charge in [0.15, 0.2) is 5.69 Å². The Morgan fingerprint density at radius 1 is 1.33 bits per heavy atom. The van der Waals surface area contributed by atoms with Gasteiger partial charge in [-0.1, -0.05) is 31.5 Å². The molecule has 0 saturated carbocycles. The van der Waals surface area contributed by atoms with Gasteiger partial charge < -0.3 is 4.74 Å². The number of ether oxygens (including phenoxy) is 1. The van der Waals surface area contributed by atoms with Crippen molar-refractivity contribution in [1.29, 1.82) is 0 Å². The third kappa shape index (κ3) is 2.31. The van der Waals surface area contributed by atoms with Crippen molar-refractivity contribution in [1.82, 2.24) is 4.98 Å². The molecular weight excluding hydrogens is 250 g/mol. The van der Waals surface area contributed by atoms with Crippen molar-refractivity contribution in [2.24, 2.45) is 0 Å². The molecule has 2 aromatic rings. The van der Waals surface area contributed by atoms with E-state index < -0.39 is 5.97 Å². The summed E-state index contributed by atoms with van der Waals surface area (Å²) in [6.45, 7) is 4.23. The van der Waals surface area contributed by atoms with Crippen LogP contribution >= 0.6 is 11.6 Å². The fourth-order valence-electron chi connectivity index (χ4n) is 1.77. The average molecular weight is 264 g/mol. The Bertz CT molecular complexity index is 608. The summed E-state index contributed by atoms with van der Waals surface area (Å²) >= 11 is 6.19. The molecule has 4 heteroatoms. The van der Waals surface area contributed by atoms with Gasteiger partial charge in [0.2, 0.25) is 0 Å². The molecular formula is C14H14ClNO2. The van der Waals surface area contributed by atoms with Gasteiger partial charge in [-0.3, -0.25) is 0 Å². The summed E-state index contributed by atoms with van der Waals surface area (Å²) in [5.74, 6) is -0.0579. The third-order valence-corrected chi connectivity index (χ3v) is 3.16. The monoisotopic (exact) mass is 263 g/mol. The van der Waals surface area contributed by atoms with E-state index in [0.29, 0.717) is 16.5 Å². The Kier molecular flexibility index (Phi) is 3.53. The third-order valence-electron chi connectivity index (χ3n) is 2.84. The number of carbonyl (C=O) groups is 1. The summed E-state index contributed by atoms with van der Waals surface area (Å²) < 4.78 is 4.64. The lowest BCUT2D eigenvalue weighted by atomic mass is 10.0. The van der Waals surface area contributed by atoms with Gasteiger partial charge in [0.1, 0.15) is 0 Å². The number of esters is 1. The van der Waals surface area contributed by atoms with Gasteiger partial charge in [-0.25, -0.2) is 9.78 Å². The van der Waals surface area contributed by atoms with Crippen LogP contribution in [0.15, 0.2) is 24.3 Å². The maximum atomic E-state index is 11.4. The van der Waals surface area contributed by atoms with E-state index >= 15 is 0 Å². The minimum absolute atomic E-state index is 0.229. The van der Waals surface area contributed by atoms with E-state index in [4.69, 9.17) is 11.6 Å².